The average Bonchev–Trinajstić information content (AvgIpc) is 2.67. The summed E-state index contributed by atoms with van der Waals surface area (Å²) in [5, 5.41) is 9.11. The van der Waals surface area contributed by atoms with Gasteiger partial charge in [0.1, 0.15) is 11.9 Å². The van der Waals surface area contributed by atoms with Crippen LogP contribution < -0.4 is 10.5 Å². The maximum absolute atomic E-state index is 9.11. The minimum atomic E-state index is 0.145. The number of benzene rings is 1. The maximum Gasteiger partial charge on any atom is 0.123 e. The molecule has 3 heteroatoms. The number of ether oxygens (including phenoxy) is 1. The van der Waals surface area contributed by atoms with Crippen molar-refractivity contribution >= 4 is 0 Å². The molecule has 0 spiro atoms. The van der Waals surface area contributed by atoms with Gasteiger partial charge in [0.25, 0.3) is 0 Å². The van der Waals surface area contributed by atoms with Crippen molar-refractivity contribution in [2.45, 2.75) is 25.9 Å². The maximum atomic E-state index is 9.11. The van der Waals surface area contributed by atoms with Crippen molar-refractivity contribution in [2.75, 3.05) is 13.2 Å². The number of aliphatic hydroxyl groups is 1. The van der Waals surface area contributed by atoms with E-state index in [4.69, 9.17) is 15.6 Å². The molecule has 3 N–H and O–H groups in total. The van der Waals surface area contributed by atoms with Gasteiger partial charge in [0, 0.05) is 13.0 Å². The minimum Gasteiger partial charge on any atom is -0.490 e. The van der Waals surface area contributed by atoms with Crippen LogP contribution in [0.25, 0.3) is 0 Å². The Balaban J connectivity index is 2.00. The fourth-order valence-electron chi connectivity index (χ4n) is 2.20. The first-order valence-electron chi connectivity index (χ1n) is 5.80. The van der Waals surface area contributed by atoms with Gasteiger partial charge < -0.3 is 15.6 Å². The van der Waals surface area contributed by atoms with Gasteiger partial charge in [-0.1, -0.05) is 17.7 Å². The molecule has 1 heterocycles. The van der Waals surface area contributed by atoms with Gasteiger partial charge in [0.05, 0.1) is 0 Å². The molecule has 0 fully saturated rings. The zero-order valence-electron chi connectivity index (χ0n) is 9.65. The summed E-state index contributed by atoms with van der Waals surface area (Å²) in [6.45, 7) is 2.75. The largest absolute Gasteiger partial charge is 0.490 e. The smallest absolute Gasteiger partial charge is 0.123 e. The van der Waals surface area contributed by atoms with Gasteiger partial charge in [-0.25, -0.2) is 0 Å². The van der Waals surface area contributed by atoms with E-state index in [2.05, 4.69) is 19.1 Å². The molecule has 1 aliphatic rings. The molecular formula is C13H19NO2. The van der Waals surface area contributed by atoms with E-state index in [1.165, 1.54) is 11.1 Å². The standard InChI is InChI=1S/C13H19NO2/c1-9-2-3-13-11(4-9)6-12(16-13)5-10(7-14)8-15/h2-4,10,12,15H,5-8,14H2,1H3. The molecule has 1 aromatic carbocycles. The van der Waals surface area contributed by atoms with Gasteiger partial charge in [-0.15, -0.1) is 0 Å². The number of rotatable bonds is 4. The molecule has 0 saturated heterocycles. The summed E-state index contributed by atoms with van der Waals surface area (Å²) < 4.78 is 5.83. The minimum absolute atomic E-state index is 0.145. The highest BCUT2D eigenvalue weighted by atomic mass is 16.5. The van der Waals surface area contributed by atoms with Crippen molar-refractivity contribution < 1.29 is 9.84 Å². The predicted molar refractivity (Wildman–Crippen MR) is 63.5 cm³/mol. The zero-order valence-corrected chi connectivity index (χ0v) is 9.65. The Bertz CT molecular complexity index is 361. The lowest BCUT2D eigenvalue weighted by atomic mass is 9.99. The molecule has 0 radical (unpaired) electrons. The normalized spacial score (nSPS) is 20.3. The Morgan fingerprint density at radius 3 is 3.06 bits per heavy atom. The number of hydrogen-bond donors (Lipinski definition) is 2. The molecule has 1 aromatic rings. The van der Waals surface area contributed by atoms with Crippen LogP contribution in [0.3, 0.4) is 0 Å². The lowest BCUT2D eigenvalue weighted by molar-refractivity contribution is 0.153. The van der Waals surface area contributed by atoms with Gasteiger partial charge in [-0.2, -0.15) is 0 Å². The van der Waals surface area contributed by atoms with E-state index in [9.17, 15) is 0 Å². The number of nitrogens with two attached hydrogens (primary N) is 1. The van der Waals surface area contributed by atoms with Crippen LogP contribution in [0.15, 0.2) is 18.2 Å². The quantitative estimate of drug-likeness (QED) is 0.804. The van der Waals surface area contributed by atoms with E-state index in [0.717, 1.165) is 18.6 Å². The third kappa shape index (κ3) is 2.36. The van der Waals surface area contributed by atoms with Crippen LogP contribution in [0.4, 0.5) is 0 Å². The van der Waals surface area contributed by atoms with E-state index in [1.54, 1.807) is 0 Å². The Kier molecular flexibility index (Phi) is 3.46. The number of fused-ring (bicyclic) bond motifs is 1. The van der Waals surface area contributed by atoms with Crippen molar-refractivity contribution in [1.29, 1.82) is 0 Å². The van der Waals surface area contributed by atoms with E-state index in [1.807, 2.05) is 6.07 Å². The molecule has 2 rings (SSSR count). The Morgan fingerprint density at radius 1 is 1.56 bits per heavy atom. The summed E-state index contributed by atoms with van der Waals surface area (Å²) in [5.74, 6) is 1.14. The van der Waals surface area contributed by atoms with Gasteiger partial charge in [0.15, 0.2) is 0 Å². The molecule has 16 heavy (non-hydrogen) atoms. The monoisotopic (exact) mass is 221 g/mol. The summed E-state index contributed by atoms with van der Waals surface area (Å²) in [4.78, 5) is 0. The van der Waals surface area contributed by atoms with Crippen LogP contribution >= 0.6 is 0 Å². The highest BCUT2D eigenvalue weighted by Crippen LogP contribution is 2.31. The van der Waals surface area contributed by atoms with E-state index < -0.39 is 0 Å². The van der Waals surface area contributed by atoms with E-state index in [0.29, 0.717) is 6.54 Å². The van der Waals surface area contributed by atoms with Crippen molar-refractivity contribution in [3.05, 3.63) is 29.3 Å². The molecular weight excluding hydrogens is 202 g/mol. The molecule has 0 aromatic heterocycles. The third-order valence-electron chi connectivity index (χ3n) is 3.14. The second-order valence-electron chi connectivity index (χ2n) is 4.58. The summed E-state index contributed by atoms with van der Waals surface area (Å²) >= 11 is 0. The van der Waals surface area contributed by atoms with Crippen LogP contribution in [-0.2, 0) is 6.42 Å². The molecule has 0 bridgehead atoms. The molecule has 2 atom stereocenters. The van der Waals surface area contributed by atoms with Crippen LogP contribution in [0, 0.1) is 12.8 Å². The van der Waals surface area contributed by atoms with Crippen molar-refractivity contribution in [3.8, 4) is 5.75 Å². The summed E-state index contributed by atoms with van der Waals surface area (Å²) in [6, 6.07) is 6.26. The first-order valence-corrected chi connectivity index (χ1v) is 5.80. The fraction of sp³-hybridized carbons (Fsp3) is 0.538. The zero-order chi connectivity index (χ0) is 11.5. The highest BCUT2D eigenvalue weighted by molar-refractivity contribution is 5.40. The average molecular weight is 221 g/mol. The van der Waals surface area contributed by atoms with Crippen LogP contribution in [0.5, 0.6) is 5.75 Å². The van der Waals surface area contributed by atoms with Gasteiger partial charge in [-0.05, 0) is 37.4 Å². The molecule has 0 aliphatic carbocycles. The highest BCUT2D eigenvalue weighted by Gasteiger charge is 2.25. The Hall–Kier alpha value is -1.06. The molecule has 88 valence electrons. The molecule has 0 amide bonds. The van der Waals surface area contributed by atoms with Gasteiger partial charge >= 0.3 is 0 Å². The predicted octanol–water partition coefficient (Wildman–Crippen LogP) is 1.26. The summed E-state index contributed by atoms with van der Waals surface area (Å²) in [5.41, 5.74) is 8.12. The van der Waals surface area contributed by atoms with E-state index in [-0.39, 0.29) is 18.6 Å². The first-order chi connectivity index (χ1) is 7.72. The first kappa shape index (κ1) is 11.4. The Morgan fingerprint density at radius 2 is 2.38 bits per heavy atom. The van der Waals surface area contributed by atoms with Gasteiger partial charge in [-0.3, -0.25) is 0 Å². The van der Waals surface area contributed by atoms with Crippen molar-refractivity contribution in [1.82, 2.24) is 0 Å². The summed E-state index contributed by atoms with van der Waals surface area (Å²) in [6.07, 6.45) is 1.95. The van der Waals surface area contributed by atoms with Gasteiger partial charge in [0.2, 0.25) is 0 Å². The number of aliphatic hydroxyl groups excluding tert-OH is 1. The lowest BCUT2D eigenvalue weighted by Gasteiger charge is -2.16. The number of hydrogen-bond acceptors (Lipinski definition) is 3. The topological polar surface area (TPSA) is 55.5 Å². The second-order valence-corrected chi connectivity index (χ2v) is 4.58. The molecule has 2 unspecified atom stereocenters. The van der Waals surface area contributed by atoms with Crippen molar-refractivity contribution in [3.63, 3.8) is 0 Å². The summed E-state index contributed by atoms with van der Waals surface area (Å²) in [7, 11) is 0. The SMILES string of the molecule is Cc1ccc2c(c1)CC(CC(CN)CO)O2. The van der Waals surface area contributed by atoms with Crippen LogP contribution in [-0.4, -0.2) is 24.4 Å². The van der Waals surface area contributed by atoms with Crippen LogP contribution in [0.2, 0.25) is 0 Å². The number of aryl methyl sites for hydroxylation is 1. The lowest BCUT2D eigenvalue weighted by Crippen LogP contribution is -2.26. The third-order valence-corrected chi connectivity index (χ3v) is 3.14. The van der Waals surface area contributed by atoms with E-state index >= 15 is 0 Å². The van der Waals surface area contributed by atoms with Crippen LogP contribution in [0.1, 0.15) is 17.5 Å². The molecule has 0 saturated carbocycles. The Labute approximate surface area is 96.2 Å². The van der Waals surface area contributed by atoms with Crippen molar-refractivity contribution in [2.24, 2.45) is 11.7 Å². The molecule has 1 aliphatic heterocycles. The second kappa shape index (κ2) is 4.85. The molecule has 3 nitrogen and oxygen atoms in total. The fourth-order valence-corrected chi connectivity index (χ4v) is 2.20.